The van der Waals surface area contributed by atoms with Crippen molar-refractivity contribution in [2.24, 2.45) is 0 Å². The molecule has 3 rings (SSSR count). The van der Waals surface area contributed by atoms with Crippen LogP contribution in [0.25, 0.3) is 11.1 Å². The van der Waals surface area contributed by atoms with E-state index in [1.807, 2.05) is 0 Å². The van der Waals surface area contributed by atoms with Gasteiger partial charge in [-0.25, -0.2) is 4.79 Å². The van der Waals surface area contributed by atoms with Crippen LogP contribution in [0.3, 0.4) is 0 Å². The van der Waals surface area contributed by atoms with Gasteiger partial charge in [0.25, 0.3) is 0 Å². The number of benzene rings is 3. The second-order valence-electron chi connectivity index (χ2n) is 5.35. The first-order valence-corrected chi connectivity index (χ1v) is 7.55. The van der Waals surface area contributed by atoms with Gasteiger partial charge in [0.1, 0.15) is 11.5 Å². The lowest BCUT2D eigenvalue weighted by atomic mass is 10.1. The SMILES string of the molecule is COc1ccc(C(=O)Oc2ccc(-c3ccc(O)c(O)c3)cc2)cc1. The van der Waals surface area contributed by atoms with Gasteiger partial charge in [-0.2, -0.15) is 0 Å². The van der Waals surface area contributed by atoms with Crippen molar-refractivity contribution in [3.63, 3.8) is 0 Å². The van der Waals surface area contributed by atoms with Crippen molar-refractivity contribution >= 4 is 5.97 Å². The minimum Gasteiger partial charge on any atom is -0.504 e. The number of hydrogen-bond donors (Lipinski definition) is 2. The second-order valence-corrected chi connectivity index (χ2v) is 5.35. The molecule has 0 atom stereocenters. The molecule has 0 aliphatic carbocycles. The zero-order valence-electron chi connectivity index (χ0n) is 13.5. The zero-order valence-corrected chi connectivity index (χ0v) is 13.5. The van der Waals surface area contributed by atoms with Gasteiger partial charge in [0.05, 0.1) is 12.7 Å². The molecule has 0 radical (unpaired) electrons. The number of carbonyl (C=O) groups excluding carboxylic acids is 1. The van der Waals surface area contributed by atoms with Crippen molar-refractivity contribution in [2.45, 2.75) is 0 Å². The van der Waals surface area contributed by atoms with E-state index in [0.29, 0.717) is 17.1 Å². The monoisotopic (exact) mass is 336 g/mol. The van der Waals surface area contributed by atoms with E-state index in [1.165, 1.54) is 12.1 Å². The van der Waals surface area contributed by atoms with Crippen molar-refractivity contribution in [2.75, 3.05) is 7.11 Å². The summed E-state index contributed by atoms with van der Waals surface area (Å²) < 4.78 is 10.4. The standard InChI is InChI=1S/C20H16O5/c1-24-16-7-4-14(5-8-16)20(23)25-17-9-2-13(3-10-17)15-6-11-18(21)19(22)12-15/h2-12,21-22H,1H3. The van der Waals surface area contributed by atoms with E-state index in [2.05, 4.69) is 0 Å². The molecule has 2 N–H and O–H groups in total. The molecule has 3 aromatic carbocycles. The lowest BCUT2D eigenvalue weighted by molar-refractivity contribution is 0.0734. The molecule has 0 amide bonds. The van der Waals surface area contributed by atoms with E-state index < -0.39 is 5.97 Å². The normalized spacial score (nSPS) is 10.3. The van der Waals surface area contributed by atoms with Crippen LogP contribution < -0.4 is 9.47 Å². The zero-order chi connectivity index (χ0) is 17.8. The minimum absolute atomic E-state index is 0.172. The quantitative estimate of drug-likeness (QED) is 0.428. The van der Waals surface area contributed by atoms with Crippen molar-refractivity contribution < 1.29 is 24.5 Å². The van der Waals surface area contributed by atoms with Crippen LogP contribution in [0.4, 0.5) is 0 Å². The Bertz CT molecular complexity index is 883. The highest BCUT2D eigenvalue weighted by Crippen LogP contribution is 2.31. The molecule has 0 aliphatic heterocycles. The van der Waals surface area contributed by atoms with Gasteiger partial charge in [0.15, 0.2) is 11.5 Å². The van der Waals surface area contributed by atoms with Crippen LogP contribution in [0.5, 0.6) is 23.0 Å². The fourth-order valence-corrected chi connectivity index (χ4v) is 2.31. The average Bonchev–Trinajstić information content (AvgIpc) is 2.64. The molecule has 0 aromatic heterocycles. The molecule has 3 aromatic rings. The molecule has 5 heteroatoms. The Kier molecular flexibility index (Phi) is 4.57. The molecule has 0 spiro atoms. The highest BCUT2D eigenvalue weighted by atomic mass is 16.5. The Hall–Kier alpha value is -3.47. The van der Waals surface area contributed by atoms with Crippen LogP contribution in [0.15, 0.2) is 66.7 Å². The Morgan fingerprint density at radius 2 is 1.36 bits per heavy atom. The maximum Gasteiger partial charge on any atom is 0.343 e. The number of aromatic hydroxyl groups is 2. The number of phenols is 2. The number of ether oxygens (including phenoxy) is 2. The van der Waals surface area contributed by atoms with Crippen LogP contribution in [0, 0.1) is 0 Å². The van der Waals surface area contributed by atoms with Crippen molar-refractivity contribution in [1.29, 1.82) is 0 Å². The number of rotatable bonds is 4. The predicted octanol–water partition coefficient (Wildman–Crippen LogP) is 3.99. The number of phenolic OH excluding ortho intramolecular Hbond substituents is 2. The summed E-state index contributed by atoms with van der Waals surface area (Å²) in [6.07, 6.45) is 0. The lowest BCUT2D eigenvalue weighted by Gasteiger charge is -2.07. The van der Waals surface area contributed by atoms with E-state index in [9.17, 15) is 15.0 Å². The van der Waals surface area contributed by atoms with E-state index in [0.717, 1.165) is 11.1 Å². The summed E-state index contributed by atoms with van der Waals surface area (Å²) in [5, 5.41) is 18.9. The molecule has 0 saturated heterocycles. The number of esters is 1. The summed E-state index contributed by atoms with van der Waals surface area (Å²) in [6, 6.07) is 18.1. The molecular formula is C20H16O5. The topological polar surface area (TPSA) is 76.0 Å². The third kappa shape index (κ3) is 3.72. The first-order valence-electron chi connectivity index (χ1n) is 7.55. The number of methoxy groups -OCH3 is 1. The fraction of sp³-hybridized carbons (Fsp3) is 0.0500. The van der Waals surface area contributed by atoms with Crippen molar-refractivity contribution in [1.82, 2.24) is 0 Å². The molecule has 5 nitrogen and oxygen atoms in total. The van der Waals surface area contributed by atoms with Crippen LogP contribution in [-0.4, -0.2) is 23.3 Å². The molecule has 0 unspecified atom stereocenters. The van der Waals surface area contributed by atoms with E-state index in [4.69, 9.17) is 9.47 Å². The van der Waals surface area contributed by atoms with Gasteiger partial charge in [0.2, 0.25) is 0 Å². The minimum atomic E-state index is -0.460. The summed E-state index contributed by atoms with van der Waals surface area (Å²) in [7, 11) is 1.56. The Morgan fingerprint density at radius 1 is 0.760 bits per heavy atom. The maximum atomic E-state index is 12.1. The highest BCUT2D eigenvalue weighted by Gasteiger charge is 2.09. The maximum absolute atomic E-state index is 12.1. The van der Waals surface area contributed by atoms with Crippen LogP contribution in [0.1, 0.15) is 10.4 Å². The average molecular weight is 336 g/mol. The molecule has 0 bridgehead atoms. The molecule has 0 heterocycles. The Balaban J connectivity index is 1.73. The Labute approximate surface area is 144 Å². The predicted molar refractivity (Wildman–Crippen MR) is 93.2 cm³/mol. The molecule has 25 heavy (non-hydrogen) atoms. The van der Waals surface area contributed by atoms with Gasteiger partial charge >= 0.3 is 5.97 Å². The fourth-order valence-electron chi connectivity index (χ4n) is 2.31. The third-order valence-electron chi connectivity index (χ3n) is 3.70. The summed E-state index contributed by atoms with van der Waals surface area (Å²) >= 11 is 0. The van der Waals surface area contributed by atoms with Crippen molar-refractivity contribution in [3.05, 3.63) is 72.3 Å². The first-order chi connectivity index (χ1) is 12.1. The summed E-state index contributed by atoms with van der Waals surface area (Å²) in [5.74, 6) is 0.254. The summed E-state index contributed by atoms with van der Waals surface area (Å²) in [6.45, 7) is 0. The van der Waals surface area contributed by atoms with E-state index >= 15 is 0 Å². The van der Waals surface area contributed by atoms with Gasteiger partial charge < -0.3 is 19.7 Å². The number of carbonyl (C=O) groups is 1. The van der Waals surface area contributed by atoms with E-state index in [-0.39, 0.29) is 11.5 Å². The van der Waals surface area contributed by atoms with Crippen LogP contribution in [0.2, 0.25) is 0 Å². The molecule has 0 saturated carbocycles. The third-order valence-corrected chi connectivity index (χ3v) is 3.70. The molecule has 126 valence electrons. The largest absolute Gasteiger partial charge is 0.504 e. The Morgan fingerprint density at radius 3 is 1.96 bits per heavy atom. The van der Waals surface area contributed by atoms with E-state index in [1.54, 1.807) is 61.7 Å². The molecule has 0 aliphatic rings. The highest BCUT2D eigenvalue weighted by molar-refractivity contribution is 5.91. The molecule has 0 fully saturated rings. The lowest BCUT2D eigenvalue weighted by Crippen LogP contribution is -2.08. The molecular weight excluding hydrogens is 320 g/mol. The van der Waals surface area contributed by atoms with Gasteiger partial charge in [-0.1, -0.05) is 18.2 Å². The summed E-state index contributed by atoms with van der Waals surface area (Å²) in [4.78, 5) is 12.1. The van der Waals surface area contributed by atoms with Gasteiger partial charge in [-0.3, -0.25) is 0 Å². The van der Waals surface area contributed by atoms with Crippen LogP contribution in [-0.2, 0) is 0 Å². The summed E-state index contributed by atoms with van der Waals surface area (Å²) in [5.41, 5.74) is 1.98. The smallest absolute Gasteiger partial charge is 0.343 e. The van der Waals surface area contributed by atoms with Gasteiger partial charge in [-0.15, -0.1) is 0 Å². The van der Waals surface area contributed by atoms with Crippen LogP contribution >= 0.6 is 0 Å². The second kappa shape index (κ2) is 6.97. The van der Waals surface area contributed by atoms with Gasteiger partial charge in [-0.05, 0) is 59.7 Å². The number of hydrogen-bond acceptors (Lipinski definition) is 5. The van der Waals surface area contributed by atoms with Crippen molar-refractivity contribution in [3.8, 4) is 34.1 Å². The van der Waals surface area contributed by atoms with Gasteiger partial charge in [0, 0.05) is 0 Å². The first kappa shape index (κ1) is 16.4.